The quantitative estimate of drug-likeness (QED) is 0.724. The van der Waals surface area contributed by atoms with E-state index in [1.807, 2.05) is 12.3 Å². The first kappa shape index (κ1) is 9.15. The van der Waals surface area contributed by atoms with Crippen molar-refractivity contribution in [3.8, 4) is 0 Å². The number of nitrogens with zero attached hydrogens (tertiary/aromatic N) is 4. The van der Waals surface area contributed by atoms with E-state index in [9.17, 15) is 0 Å². The number of hydrogen-bond acceptors (Lipinski definition) is 3. The molecule has 0 aliphatic rings. The summed E-state index contributed by atoms with van der Waals surface area (Å²) in [6, 6.07) is 2.05. The Labute approximate surface area is 83.2 Å². The fourth-order valence-corrected chi connectivity index (χ4v) is 1.42. The van der Waals surface area contributed by atoms with Crippen molar-refractivity contribution in [1.29, 1.82) is 0 Å². The van der Waals surface area contributed by atoms with Gasteiger partial charge < -0.3 is 9.47 Å². The predicted octanol–water partition coefficient (Wildman–Crippen LogP) is 0.993. The summed E-state index contributed by atoms with van der Waals surface area (Å²) in [6.07, 6.45) is 5.49. The molecule has 0 aliphatic carbocycles. The van der Waals surface area contributed by atoms with Crippen molar-refractivity contribution in [2.75, 3.05) is 20.6 Å². The molecule has 2 rings (SSSR count). The van der Waals surface area contributed by atoms with Gasteiger partial charge in [0.15, 0.2) is 0 Å². The van der Waals surface area contributed by atoms with Crippen LogP contribution in [0.15, 0.2) is 24.8 Å². The third-order valence-corrected chi connectivity index (χ3v) is 2.21. The highest BCUT2D eigenvalue weighted by molar-refractivity contribution is 5.74. The van der Waals surface area contributed by atoms with Gasteiger partial charge in [-0.25, -0.2) is 9.97 Å². The zero-order valence-corrected chi connectivity index (χ0v) is 8.51. The van der Waals surface area contributed by atoms with Gasteiger partial charge in [-0.1, -0.05) is 0 Å². The van der Waals surface area contributed by atoms with Crippen molar-refractivity contribution in [2.45, 2.75) is 6.54 Å². The molecule has 0 aliphatic heterocycles. The fourth-order valence-electron chi connectivity index (χ4n) is 1.42. The van der Waals surface area contributed by atoms with Crippen LogP contribution in [0, 0.1) is 0 Å². The van der Waals surface area contributed by atoms with Crippen LogP contribution in [0.3, 0.4) is 0 Å². The molecule has 0 atom stereocenters. The van der Waals surface area contributed by atoms with E-state index in [0.717, 1.165) is 24.1 Å². The Morgan fingerprint density at radius 1 is 1.43 bits per heavy atom. The molecule has 0 saturated carbocycles. The van der Waals surface area contributed by atoms with E-state index in [1.165, 1.54) is 0 Å². The monoisotopic (exact) mass is 190 g/mol. The van der Waals surface area contributed by atoms with Crippen molar-refractivity contribution in [1.82, 2.24) is 19.4 Å². The Bertz CT molecular complexity index is 419. The molecular weight excluding hydrogens is 176 g/mol. The number of likely N-dealkylation sites (N-methyl/N-ethyl adjacent to an activating group) is 1. The van der Waals surface area contributed by atoms with Gasteiger partial charge in [-0.05, 0) is 20.2 Å². The highest BCUT2D eigenvalue weighted by atomic mass is 15.1. The van der Waals surface area contributed by atoms with Gasteiger partial charge in [0.2, 0.25) is 0 Å². The largest absolute Gasteiger partial charge is 0.331 e. The number of fused-ring (bicyclic) bond motifs is 1. The normalized spacial score (nSPS) is 11.4. The van der Waals surface area contributed by atoms with Crippen LogP contribution in [0.25, 0.3) is 11.0 Å². The van der Waals surface area contributed by atoms with Crippen LogP contribution < -0.4 is 0 Å². The molecular formula is C10H14N4. The molecule has 74 valence electrons. The van der Waals surface area contributed by atoms with Crippen molar-refractivity contribution < 1.29 is 0 Å². The first-order chi connectivity index (χ1) is 6.77. The first-order valence-electron chi connectivity index (χ1n) is 4.67. The van der Waals surface area contributed by atoms with Crippen molar-refractivity contribution >= 4 is 11.0 Å². The second kappa shape index (κ2) is 3.75. The smallest absolute Gasteiger partial charge is 0.143 e. The average Bonchev–Trinajstić information content (AvgIpc) is 2.58. The van der Waals surface area contributed by atoms with Gasteiger partial charge in [-0.15, -0.1) is 0 Å². The van der Waals surface area contributed by atoms with Crippen LogP contribution in [0.1, 0.15) is 0 Å². The van der Waals surface area contributed by atoms with E-state index in [2.05, 4.69) is 39.7 Å². The van der Waals surface area contributed by atoms with Crippen molar-refractivity contribution in [2.24, 2.45) is 0 Å². The Balaban J connectivity index is 2.25. The van der Waals surface area contributed by atoms with Gasteiger partial charge in [0.05, 0.1) is 0 Å². The maximum Gasteiger partial charge on any atom is 0.143 e. The second-order valence-corrected chi connectivity index (χ2v) is 3.61. The molecule has 0 spiro atoms. The lowest BCUT2D eigenvalue weighted by Gasteiger charge is -2.10. The van der Waals surface area contributed by atoms with E-state index < -0.39 is 0 Å². The fraction of sp³-hybridized carbons (Fsp3) is 0.400. The van der Waals surface area contributed by atoms with Crippen LogP contribution in [-0.2, 0) is 6.54 Å². The Morgan fingerprint density at radius 3 is 3.07 bits per heavy atom. The molecule has 4 nitrogen and oxygen atoms in total. The Morgan fingerprint density at radius 2 is 2.29 bits per heavy atom. The second-order valence-electron chi connectivity index (χ2n) is 3.61. The summed E-state index contributed by atoms with van der Waals surface area (Å²) in [5.41, 5.74) is 1.02. The van der Waals surface area contributed by atoms with Gasteiger partial charge >= 0.3 is 0 Å². The third-order valence-electron chi connectivity index (χ3n) is 2.21. The lowest BCUT2D eigenvalue weighted by atomic mass is 10.4. The van der Waals surface area contributed by atoms with E-state index in [-0.39, 0.29) is 0 Å². The summed E-state index contributed by atoms with van der Waals surface area (Å²) in [6.45, 7) is 1.99. The summed E-state index contributed by atoms with van der Waals surface area (Å²) in [5.74, 6) is 0. The van der Waals surface area contributed by atoms with Gasteiger partial charge in [-0.3, -0.25) is 0 Å². The maximum atomic E-state index is 4.25. The topological polar surface area (TPSA) is 34.0 Å². The molecule has 0 fully saturated rings. The highest BCUT2D eigenvalue weighted by Gasteiger charge is 2.01. The van der Waals surface area contributed by atoms with Crippen LogP contribution in [-0.4, -0.2) is 40.1 Å². The number of aromatic nitrogens is 3. The van der Waals surface area contributed by atoms with E-state index in [4.69, 9.17) is 0 Å². The van der Waals surface area contributed by atoms with Crippen molar-refractivity contribution in [3.63, 3.8) is 0 Å². The van der Waals surface area contributed by atoms with Crippen LogP contribution in [0.4, 0.5) is 0 Å². The summed E-state index contributed by atoms with van der Waals surface area (Å²) < 4.78 is 2.15. The Kier molecular flexibility index (Phi) is 2.45. The number of hydrogen-bond donors (Lipinski definition) is 0. The summed E-state index contributed by atoms with van der Waals surface area (Å²) in [5, 5.41) is 1.10. The van der Waals surface area contributed by atoms with Crippen LogP contribution >= 0.6 is 0 Å². The van der Waals surface area contributed by atoms with Crippen molar-refractivity contribution in [3.05, 3.63) is 24.8 Å². The minimum Gasteiger partial charge on any atom is -0.331 e. The molecule has 0 radical (unpaired) electrons. The molecule has 0 bridgehead atoms. The molecule has 2 aromatic heterocycles. The van der Waals surface area contributed by atoms with E-state index in [0.29, 0.717) is 0 Å². The van der Waals surface area contributed by atoms with Gasteiger partial charge in [0.1, 0.15) is 12.0 Å². The predicted molar refractivity (Wildman–Crippen MR) is 56.1 cm³/mol. The molecule has 14 heavy (non-hydrogen) atoms. The summed E-state index contributed by atoms with van der Waals surface area (Å²) >= 11 is 0. The minimum absolute atomic E-state index is 0.966. The minimum atomic E-state index is 0.966. The third kappa shape index (κ3) is 1.75. The highest BCUT2D eigenvalue weighted by Crippen LogP contribution is 2.10. The molecule has 0 unspecified atom stereocenters. The molecule has 0 amide bonds. The zero-order valence-electron chi connectivity index (χ0n) is 8.51. The lowest BCUT2D eigenvalue weighted by molar-refractivity contribution is 0.386. The molecule has 4 heteroatoms. The molecule has 2 heterocycles. The van der Waals surface area contributed by atoms with E-state index in [1.54, 1.807) is 6.33 Å². The standard InChI is InChI=1S/C10H14N4/c1-13(2)5-6-14-4-3-9-7-11-8-12-10(9)14/h3-4,7-8H,5-6H2,1-2H3. The van der Waals surface area contributed by atoms with Gasteiger partial charge in [-0.2, -0.15) is 0 Å². The van der Waals surface area contributed by atoms with E-state index >= 15 is 0 Å². The summed E-state index contributed by atoms with van der Waals surface area (Å²) in [4.78, 5) is 10.4. The molecule has 0 aromatic carbocycles. The summed E-state index contributed by atoms with van der Waals surface area (Å²) in [7, 11) is 4.14. The molecule has 2 aromatic rings. The van der Waals surface area contributed by atoms with Crippen LogP contribution in [0.5, 0.6) is 0 Å². The first-order valence-corrected chi connectivity index (χ1v) is 4.67. The molecule has 0 N–H and O–H groups in total. The zero-order chi connectivity index (χ0) is 9.97. The van der Waals surface area contributed by atoms with Gasteiger partial charge in [0.25, 0.3) is 0 Å². The Hall–Kier alpha value is -1.42. The number of rotatable bonds is 3. The lowest BCUT2D eigenvalue weighted by Crippen LogP contribution is -2.18. The SMILES string of the molecule is CN(C)CCn1ccc2cncnc21. The molecule has 0 saturated heterocycles. The maximum absolute atomic E-state index is 4.25. The van der Waals surface area contributed by atoms with Gasteiger partial charge in [0, 0.05) is 30.9 Å². The van der Waals surface area contributed by atoms with Crippen LogP contribution in [0.2, 0.25) is 0 Å². The average molecular weight is 190 g/mol.